The second kappa shape index (κ2) is 8.14. The summed E-state index contributed by atoms with van der Waals surface area (Å²) >= 11 is 0. The van der Waals surface area contributed by atoms with E-state index in [1.807, 2.05) is 14.0 Å². The van der Waals surface area contributed by atoms with Gasteiger partial charge in [0.1, 0.15) is 5.60 Å². The zero-order chi connectivity index (χ0) is 15.9. The van der Waals surface area contributed by atoms with Crippen LogP contribution in [0.25, 0.3) is 0 Å². The SMILES string of the molecule is CCC(CC)(OC(=O)C(C)(CN)CNC)C1CCCCC1. The van der Waals surface area contributed by atoms with Gasteiger partial charge in [0.15, 0.2) is 0 Å². The number of carbonyl (C=O) groups is 1. The summed E-state index contributed by atoms with van der Waals surface area (Å²) in [5.41, 5.74) is 4.89. The third-order valence-electron chi connectivity index (χ3n) is 5.35. The number of esters is 1. The molecule has 4 heteroatoms. The van der Waals surface area contributed by atoms with E-state index < -0.39 is 5.41 Å². The summed E-state index contributed by atoms with van der Waals surface area (Å²) in [6.45, 7) is 7.03. The van der Waals surface area contributed by atoms with Gasteiger partial charge in [-0.15, -0.1) is 0 Å². The Balaban J connectivity index is 2.88. The molecule has 0 radical (unpaired) electrons. The van der Waals surface area contributed by atoms with E-state index in [0.29, 0.717) is 19.0 Å². The zero-order valence-corrected chi connectivity index (χ0v) is 14.3. The highest BCUT2D eigenvalue weighted by molar-refractivity contribution is 5.77. The van der Waals surface area contributed by atoms with Gasteiger partial charge in [0.2, 0.25) is 0 Å². The number of ether oxygens (including phenoxy) is 1. The van der Waals surface area contributed by atoms with Crippen LogP contribution in [0.3, 0.4) is 0 Å². The maximum absolute atomic E-state index is 12.7. The Morgan fingerprint density at radius 2 is 1.81 bits per heavy atom. The number of carbonyl (C=O) groups excluding carboxylic acids is 1. The smallest absolute Gasteiger partial charge is 0.314 e. The molecule has 1 fully saturated rings. The van der Waals surface area contributed by atoms with E-state index in [1.54, 1.807) is 0 Å². The number of nitrogens with one attached hydrogen (secondary N) is 1. The quantitative estimate of drug-likeness (QED) is 0.676. The van der Waals surface area contributed by atoms with Crippen LogP contribution in [0.15, 0.2) is 0 Å². The predicted octanol–water partition coefficient (Wildman–Crippen LogP) is 2.85. The molecular weight excluding hydrogens is 264 g/mol. The van der Waals surface area contributed by atoms with Crippen molar-refractivity contribution in [2.75, 3.05) is 20.1 Å². The van der Waals surface area contributed by atoms with Gasteiger partial charge in [-0.1, -0.05) is 33.1 Å². The summed E-state index contributed by atoms with van der Waals surface area (Å²) in [6.07, 6.45) is 7.97. The first-order chi connectivity index (χ1) is 9.98. The van der Waals surface area contributed by atoms with Crippen LogP contribution in [-0.2, 0) is 9.53 Å². The fourth-order valence-corrected chi connectivity index (χ4v) is 3.61. The molecule has 0 aromatic rings. The van der Waals surface area contributed by atoms with Gasteiger partial charge in [-0.05, 0) is 45.6 Å². The second-order valence-electron chi connectivity index (χ2n) is 6.79. The van der Waals surface area contributed by atoms with Crippen LogP contribution in [0.2, 0.25) is 0 Å². The fourth-order valence-electron chi connectivity index (χ4n) is 3.61. The van der Waals surface area contributed by atoms with Crippen LogP contribution in [0.1, 0.15) is 65.7 Å². The lowest BCUT2D eigenvalue weighted by molar-refractivity contribution is -0.180. The Morgan fingerprint density at radius 3 is 2.24 bits per heavy atom. The number of hydrogen-bond acceptors (Lipinski definition) is 4. The van der Waals surface area contributed by atoms with Crippen molar-refractivity contribution in [3.63, 3.8) is 0 Å². The highest BCUT2D eigenvalue weighted by atomic mass is 16.6. The summed E-state index contributed by atoms with van der Waals surface area (Å²) in [5.74, 6) is 0.357. The van der Waals surface area contributed by atoms with Gasteiger partial charge in [-0.3, -0.25) is 4.79 Å². The van der Waals surface area contributed by atoms with E-state index in [-0.39, 0.29) is 11.6 Å². The van der Waals surface area contributed by atoms with Crippen molar-refractivity contribution in [1.82, 2.24) is 5.32 Å². The highest BCUT2D eigenvalue weighted by Gasteiger charge is 2.43. The van der Waals surface area contributed by atoms with Crippen molar-refractivity contribution in [3.05, 3.63) is 0 Å². The molecular formula is C17H34N2O2. The van der Waals surface area contributed by atoms with Crippen LogP contribution in [-0.4, -0.2) is 31.7 Å². The number of hydrogen-bond donors (Lipinski definition) is 2. The van der Waals surface area contributed by atoms with E-state index in [1.165, 1.54) is 32.1 Å². The first kappa shape index (κ1) is 18.4. The van der Waals surface area contributed by atoms with Crippen molar-refractivity contribution in [2.45, 2.75) is 71.3 Å². The minimum atomic E-state index is -0.640. The molecule has 0 bridgehead atoms. The normalized spacial score (nSPS) is 20.0. The van der Waals surface area contributed by atoms with Gasteiger partial charge in [-0.2, -0.15) is 0 Å². The Morgan fingerprint density at radius 1 is 1.24 bits per heavy atom. The molecule has 1 unspecified atom stereocenters. The lowest BCUT2D eigenvalue weighted by Gasteiger charge is -2.43. The molecule has 0 saturated heterocycles. The highest BCUT2D eigenvalue weighted by Crippen LogP contribution is 2.40. The van der Waals surface area contributed by atoms with Crippen LogP contribution in [0.4, 0.5) is 0 Å². The van der Waals surface area contributed by atoms with Crippen molar-refractivity contribution < 1.29 is 9.53 Å². The summed E-state index contributed by atoms with van der Waals surface area (Å²) in [4.78, 5) is 12.7. The maximum Gasteiger partial charge on any atom is 0.314 e. The molecule has 0 aromatic carbocycles. The Labute approximate surface area is 130 Å². The average Bonchev–Trinajstić information content (AvgIpc) is 2.53. The molecule has 0 aliphatic heterocycles. The molecule has 0 heterocycles. The van der Waals surface area contributed by atoms with E-state index in [4.69, 9.17) is 10.5 Å². The third-order valence-corrected chi connectivity index (χ3v) is 5.35. The molecule has 1 saturated carbocycles. The summed E-state index contributed by atoms with van der Waals surface area (Å²) < 4.78 is 6.13. The molecule has 1 aliphatic carbocycles. The zero-order valence-electron chi connectivity index (χ0n) is 14.3. The van der Waals surface area contributed by atoms with Crippen LogP contribution in [0.5, 0.6) is 0 Å². The minimum absolute atomic E-state index is 0.145. The fraction of sp³-hybridized carbons (Fsp3) is 0.941. The number of nitrogens with two attached hydrogens (primary N) is 1. The number of rotatable bonds is 8. The van der Waals surface area contributed by atoms with Gasteiger partial charge in [0.05, 0.1) is 5.41 Å². The molecule has 0 aromatic heterocycles. The topological polar surface area (TPSA) is 64.3 Å². The van der Waals surface area contributed by atoms with Gasteiger partial charge >= 0.3 is 5.97 Å². The minimum Gasteiger partial charge on any atom is -0.458 e. The van der Waals surface area contributed by atoms with Crippen molar-refractivity contribution in [2.24, 2.45) is 17.1 Å². The summed E-state index contributed by atoms with van der Waals surface area (Å²) in [6, 6.07) is 0. The Hall–Kier alpha value is -0.610. The lowest BCUT2D eigenvalue weighted by Crippen LogP contribution is -2.50. The van der Waals surface area contributed by atoms with Gasteiger partial charge < -0.3 is 15.8 Å². The Bertz CT molecular complexity index is 323. The average molecular weight is 298 g/mol. The van der Waals surface area contributed by atoms with E-state index in [9.17, 15) is 4.79 Å². The first-order valence-corrected chi connectivity index (χ1v) is 8.56. The summed E-state index contributed by atoms with van der Waals surface area (Å²) in [7, 11) is 1.84. The van der Waals surface area contributed by atoms with E-state index >= 15 is 0 Å². The van der Waals surface area contributed by atoms with E-state index in [2.05, 4.69) is 19.2 Å². The molecule has 21 heavy (non-hydrogen) atoms. The predicted molar refractivity (Wildman–Crippen MR) is 87.1 cm³/mol. The molecule has 1 aliphatic rings. The van der Waals surface area contributed by atoms with Crippen molar-refractivity contribution in [3.8, 4) is 0 Å². The van der Waals surface area contributed by atoms with Crippen LogP contribution in [0, 0.1) is 11.3 Å². The molecule has 1 rings (SSSR count). The van der Waals surface area contributed by atoms with Crippen molar-refractivity contribution >= 4 is 5.97 Å². The van der Waals surface area contributed by atoms with Crippen molar-refractivity contribution in [1.29, 1.82) is 0 Å². The first-order valence-electron chi connectivity index (χ1n) is 8.56. The van der Waals surface area contributed by atoms with Crippen LogP contribution < -0.4 is 11.1 Å². The Kier molecular flexibility index (Phi) is 7.14. The van der Waals surface area contributed by atoms with Crippen LogP contribution >= 0.6 is 0 Å². The van der Waals surface area contributed by atoms with E-state index in [0.717, 1.165) is 12.8 Å². The molecule has 3 N–H and O–H groups in total. The summed E-state index contributed by atoms with van der Waals surface area (Å²) in [5, 5.41) is 3.06. The molecule has 124 valence electrons. The molecule has 4 nitrogen and oxygen atoms in total. The maximum atomic E-state index is 12.7. The van der Waals surface area contributed by atoms with Gasteiger partial charge in [0.25, 0.3) is 0 Å². The molecule has 0 spiro atoms. The second-order valence-corrected chi connectivity index (χ2v) is 6.79. The third kappa shape index (κ3) is 4.19. The van der Waals surface area contributed by atoms with Gasteiger partial charge in [0, 0.05) is 13.1 Å². The molecule has 1 atom stereocenters. The lowest BCUT2D eigenvalue weighted by atomic mass is 9.73. The standard InChI is InChI=1S/C17H34N2O2/c1-5-17(6-2,14-10-8-7-9-11-14)21-15(20)16(3,12-18)13-19-4/h14,19H,5-13,18H2,1-4H3. The molecule has 0 amide bonds. The monoisotopic (exact) mass is 298 g/mol. The van der Waals surface area contributed by atoms with Gasteiger partial charge in [-0.25, -0.2) is 0 Å². The largest absolute Gasteiger partial charge is 0.458 e.